The van der Waals surface area contributed by atoms with Crippen LogP contribution in [0.1, 0.15) is 67.2 Å². The van der Waals surface area contributed by atoms with Crippen LogP contribution in [0, 0.1) is 0 Å². The molecule has 0 unspecified atom stereocenters. The fourth-order valence-corrected chi connectivity index (χ4v) is 7.68. The summed E-state index contributed by atoms with van der Waals surface area (Å²) in [6.07, 6.45) is 4.23. The lowest BCUT2D eigenvalue weighted by Crippen LogP contribution is -2.42. The molecule has 3 heterocycles. The number of rotatable bonds is 11. The van der Waals surface area contributed by atoms with Gasteiger partial charge in [-0.1, -0.05) is 123 Å². The summed E-state index contributed by atoms with van der Waals surface area (Å²) < 4.78 is 2.41. The summed E-state index contributed by atoms with van der Waals surface area (Å²) >= 11 is 0. The first kappa shape index (κ1) is 34.6. The van der Waals surface area contributed by atoms with E-state index in [1.165, 1.54) is 10.8 Å². The first-order chi connectivity index (χ1) is 26.5. The Bertz CT molecular complexity index is 2410. The van der Waals surface area contributed by atoms with Crippen LogP contribution in [0.3, 0.4) is 0 Å². The summed E-state index contributed by atoms with van der Waals surface area (Å²) in [6, 6.07) is 41.4. The van der Waals surface area contributed by atoms with Crippen LogP contribution in [0.2, 0.25) is 0 Å². The molecule has 1 aliphatic rings. The molecular formula is C45H42N6O3. The zero-order valence-electron chi connectivity index (χ0n) is 30.2. The van der Waals surface area contributed by atoms with Gasteiger partial charge in [0.25, 0.3) is 5.91 Å². The molecule has 1 aliphatic heterocycles. The number of unbranched alkanes of at least 4 members (excludes halogenated alkanes) is 1. The van der Waals surface area contributed by atoms with Gasteiger partial charge < -0.3 is 24.9 Å². The van der Waals surface area contributed by atoms with Crippen LogP contribution in [0.5, 0.6) is 0 Å². The number of aliphatic imine (C=N–C) groups is 1. The smallest absolute Gasteiger partial charge is 0.405 e. The van der Waals surface area contributed by atoms with Gasteiger partial charge in [0.05, 0.1) is 34.8 Å². The number of hydrogen-bond donors (Lipinski definition) is 3. The van der Waals surface area contributed by atoms with E-state index in [1.54, 1.807) is 29.2 Å². The van der Waals surface area contributed by atoms with Crippen molar-refractivity contribution >= 4 is 45.2 Å². The predicted octanol–water partition coefficient (Wildman–Crippen LogP) is 9.83. The van der Waals surface area contributed by atoms with Crippen molar-refractivity contribution in [3.05, 3.63) is 156 Å². The molecule has 270 valence electrons. The number of aromatic nitrogens is 3. The Labute approximate surface area is 314 Å². The maximum Gasteiger partial charge on any atom is 0.405 e. The van der Waals surface area contributed by atoms with E-state index in [-0.39, 0.29) is 11.9 Å². The number of aromatic amines is 1. The number of likely N-dealkylation sites (tertiary alicyclic amines) is 1. The average molecular weight is 715 g/mol. The van der Waals surface area contributed by atoms with Gasteiger partial charge in [0, 0.05) is 46.1 Å². The number of carboxylic acid groups (broad SMARTS) is 1. The Morgan fingerprint density at radius 3 is 2.19 bits per heavy atom. The molecule has 0 spiro atoms. The van der Waals surface area contributed by atoms with E-state index in [9.17, 15) is 14.7 Å². The van der Waals surface area contributed by atoms with E-state index in [1.807, 2.05) is 48.7 Å². The number of H-pyrrole nitrogens is 1. The largest absolute Gasteiger partial charge is 0.465 e. The molecule has 9 nitrogen and oxygen atoms in total. The van der Waals surface area contributed by atoms with Crippen molar-refractivity contribution in [1.82, 2.24) is 24.8 Å². The molecule has 7 aromatic rings. The highest BCUT2D eigenvalue weighted by molar-refractivity contribution is 6.14. The third-order valence-corrected chi connectivity index (χ3v) is 10.3. The number of aryl methyl sites for hydroxylation is 1. The van der Waals surface area contributed by atoms with E-state index in [0.717, 1.165) is 77.0 Å². The average Bonchev–Trinajstić information content (AvgIpc) is 3.97. The number of carbonyl (C=O) groups is 2. The molecule has 0 saturated carbocycles. The van der Waals surface area contributed by atoms with Gasteiger partial charge in [-0.15, -0.1) is 0 Å². The van der Waals surface area contributed by atoms with Crippen molar-refractivity contribution in [1.29, 1.82) is 0 Å². The molecule has 5 aromatic carbocycles. The zero-order chi connectivity index (χ0) is 37.0. The molecule has 0 radical (unpaired) electrons. The van der Waals surface area contributed by atoms with Crippen molar-refractivity contribution in [3.8, 4) is 11.3 Å². The van der Waals surface area contributed by atoms with E-state index < -0.39 is 12.1 Å². The van der Waals surface area contributed by atoms with Gasteiger partial charge in [-0.2, -0.15) is 0 Å². The molecule has 0 bridgehead atoms. The van der Waals surface area contributed by atoms with Crippen molar-refractivity contribution in [3.63, 3.8) is 0 Å². The minimum Gasteiger partial charge on any atom is -0.465 e. The summed E-state index contributed by atoms with van der Waals surface area (Å²) in [6.45, 7) is 3.61. The van der Waals surface area contributed by atoms with E-state index >= 15 is 0 Å². The lowest BCUT2D eigenvalue weighted by molar-refractivity contribution is -0.134. The molecule has 1 fully saturated rings. The van der Waals surface area contributed by atoms with Crippen LogP contribution >= 0.6 is 0 Å². The number of imidazole rings is 1. The van der Waals surface area contributed by atoms with Crippen LogP contribution in [0.15, 0.2) is 139 Å². The highest BCUT2D eigenvalue weighted by Gasteiger charge is 2.37. The maximum atomic E-state index is 13.9. The Morgan fingerprint density at radius 2 is 1.52 bits per heavy atom. The molecule has 0 aliphatic carbocycles. The summed E-state index contributed by atoms with van der Waals surface area (Å²) in [5.41, 5.74) is 8.72. The minimum absolute atomic E-state index is 0.283. The second kappa shape index (κ2) is 15.2. The van der Waals surface area contributed by atoms with Crippen LogP contribution < -0.4 is 5.32 Å². The van der Waals surface area contributed by atoms with E-state index in [4.69, 9.17) is 9.98 Å². The monoisotopic (exact) mass is 714 g/mol. The van der Waals surface area contributed by atoms with Gasteiger partial charge in [-0.3, -0.25) is 4.79 Å². The van der Waals surface area contributed by atoms with Crippen molar-refractivity contribution in [2.24, 2.45) is 4.99 Å². The van der Waals surface area contributed by atoms with E-state index in [0.29, 0.717) is 17.9 Å². The van der Waals surface area contributed by atoms with Crippen LogP contribution in [0.25, 0.3) is 33.1 Å². The lowest BCUT2D eigenvalue weighted by Gasteiger charge is -2.28. The van der Waals surface area contributed by atoms with Crippen LogP contribution in [-0.4, -0.2) is 48.8 Å². The second-order valence-corrected chi connectivity index (χ2v) is 13.8. The molecule has 2 atom stereocenters. The van der Waals surface area contributed by atoms with Gasteiger partial charge >= 0.3 is 6.09 Å². The van der Waals surface area contributed by atoms with Crippen LogP contribution in [-0.2, 0) is 11.3 Å². The normalized spacial score (nSPS) is 14.7. The number of carbonyl (C=O) groups excluding carboxylic acids is 1. The molecular weight excluding hydrogens is 673 g/mol. The number of fused-ring (bicyclic) bond motifs is 3. The minimum atomic E-state index is -1.24. The van der Waals surface area contributed by atoms with Gasteiger partial charge in [0.1, 0.15) is 11.9 Å². The van der Waals surface area contributed by atoms with Gasteiger partial charge in [-0.05, 0) is 43.0 Å². The molecule has 8 rings (SSSR count). The Balaban J connectivity index is 1.14. The van der Waals surface area contributed by atoms with E-state index in [2.05, 4.69) is 82.5 Å². The lowest BCUT2D eigenvalue weighted by atomic mass is 10.0. The molecule has 1 saturated heterocycles. The number of amides is 2. The molecule has 2 amide bonds. The summed E-state index contributed by atoms with van der Waals surface area (Å²) in [4.78, 5) is 40.9. The SMILES string of the molecule is CCCCn1c2cc(N=C(c3ccccc3)c3ccccc3)ccc2c2ccc(-c3cnc([C@@H]4CCCN4C(=O)[C@H](NC(=O)O)c4ccccc4)[nH]3)cc21. The number of nitrogens with one attached hydrogen (secondary N) is 2. The Morgan fingerprint density at radius 1 is 0.870 bits per heavy atom. The number of hydrogen-bond acceptors (Lipinski definition) is 4. The first-order valence-electron chi connectivity index (χ1n) is 18.6. The zero-order valence-corrected chi connectivity index (χ0v) is 30.2. The highest BCUT2D eigenvalue weighted by atomic mass is 16.4. The van der Waals surface area contributed by atoms with Crippen molar-refractivity contribution in [2.75, 3.05) is 6.54 Å². The van der Waals surface area contributed by atoms with Crippen LogP contribution in [0.4, 0.5) is 10.5 Å². The van der Waals surface area contributed by atoms with Crippen molar-refractivity contribution < 1.29 is 14.7 Å². The van der Waals surface area contributed by atoms with Gasteiger partial charge in [0.15, 0.2) is 0 Å². The number of nitrogens with zero attached hydrogens (tertiary/aromatic N) is 4. The molecule has 3 N–H and O–H groups in total. The standard InChI is InChI=1S/C45H42N6O3/c1-2-3-25-50-39-27-33(37-29-46-43(48-37)38-20-13-26-51(38)44(52)42(49-45(53)54)32-18-11-6-12-19-32)21-23-35(39)36-24-22-34(28-40(36)50)47-41(30-14-7-4-8-15-30)31-16-9-5-10-17-31/h4-12,14-19,21-24,27-29,38,42,49H,2-3,13,20,25-26H2,1H3,(H,46,48)(H,53,54)/t38-,42+/m0/s1. The Hall–Kier alpha value is -6.48. The molecule has 2 aromatic heterocycles. The van der Waals surface area contributed by atoms with Gasteiger partial charge in [0.2, 0.25) is 0 Å². The summed E-state index contributed by atoms with van der Waals surface area (Å²) in [5, 5.41) is 14.4. The third kappa shape index (κ3) is 6.88. The molecule has 9 heteroatoms. The van der Waals surface area contributed by atoms with Gasteiger partial charge in [-0.25, -0.2) is 14.8 Å². The number of benzene rings is 5. The maximum absolute atomic E-state index is 13.9. The Kier molecular flexibility index (Phi) is 9.77. The quantitative estimate of drug-likeness (QED) is 0.116. The first-order valence-corrected chi connectivity index (χ1v) is 18.6. The third-order valence-electron chi connectivity index (χ3n) is 10.3. The fourth-order valence-electron chi connectivity index (χ4n) is 7.68. The topological polar surface area (TPSA) is 116 Å². The summed E-state index contributed by atoms with van der Waals surface area (Å²) in [7, 11) is 0. The molecule has 54 heavy (non-hydrogen) atoms. The second-order valence-electron chi connectivity index (χ2n) is 13.8. The highest BCUT2D eigenvalue weighted by Crippen LogP contribution is 2.37. The predicted molar refractivity (Wildman–Crippen MR) is 214 cm³/mol. The fraction of sp³-hybridized carbons (Fsp3) is 0.200. The van der Waals surface area contributed by atoms with Crippen molar-refractivity contribution in [2.45, 2.75) is 51.2 Å². The summed E-state index contributed by atoms with van der Waals surface area (Å²) in [5.74, 6) is 0.411.